The molecule has 0 saturated carbocycles. The molecule has 6 nitrogen and oxygen atoms in total. The maximum absolute atomic E-state index is 12.5. The van der Waals surface area contributed by atoms with Gasteiger partial charge in [-0.05, 0) is 32.9 Å². The van der Waals surface area contributed by atoms with Crippen LogP contribution in [-0.2, 0) is 10.0 Å². The Labute approximate surface area is 139 Å². The van der Waals surface area contributed by atoms with E-state index in [9.17, 15) is 18.0 Å². The van der Waals surface area contributed by atoms with Crippen molar-refractivity contribution in [1.29, 1.82) is 0 Å². The first-order valence-electron chi connectivity index (χ1n) is 6.84. The first kappa shape index (κ1) is 17.5. The van der Waals surface area contributed by atoms with Crippen molar-refractivity contribution in [1.82, 2.24) is 8.54 Å². The van der Waals surface area contributed by atoms with Crippen LogP contribution < -0.4 is 5.69 Å². The van der Waals surface area contributed by atoms with E-state index in [1.807, 2.05) is 6.92 Å². The van der Waals surface area contributed by atoms with Crippen LogP contribution in [0.15, 0.2) is 46.3 Å². The van der Waals surface area contributed by atoms with Crippen LogP contribution >= 0.6 is 11.6 Å². The number of benzene rings is 1. The number of hydrogen-bond donors (Lipinski definition) is 0. The van der Waals surface area contributed by atoms with Crippen molar-refractivity contribution in [2.45, 2.75) is 25.7 Å². The summed E-state index contributed by atoms with van der Waals surface area (Å²) in [7, 11) is -4.05. The van der Waals surface area contributed by atoms with Gasteiger partial charge in [-0.2, -0.15) is 3.97 Å². The highest BCUT2D eigenvalue weighted by molar-refractivity contribution is 7.90. The Morgan fingerprint density at radius 3 is 2.26 bits per heavy atom. The number of aromatic nitrogens is 2. The van der Waals surface area contributed by atoms with Crippen molar-refractivity contribution < 1.29 is 13.2 Å². The molecular weight excluding hydrogens is 340 g/mol. The van der Waals surface area contributed by atoms with E-state index in [0.717, 1.165) is 22.5 Å². The molecule has 0 N–H and O–H groups in total. The van der Waals surface area contributed by atoms with Gasteiger partial charge in [0.2, 0.25) is 5.91 Å². The van der Waals surface area contributed by atoms with Gasteiger partial charge in [0, 0.05) is 18.3 Å². The van der Waals surface area contributed by atoms with E-state index in [4.69, 9.17) is 11.6 Å². The van der Waals surface area contributed by atoms with Gasteiger partial charge in [0.15, 0.2) is 0 Å². The molecule has 0 aliphatic carbocycles. The molecule has 0 bridgehead atoms. The van der Waals surface area contributed by atoms with Gasteiger partial charge in [-0.25, -0.2) is 17.8 Å². The molecule has 0 aliphatic rings. The standard InChI is InChI=1S/C15H17ClN2O4S/c1-11-4-6-12(7-5-11)23(21,22)18-9-8-17(14(18)20)13(19)15(2,3)10-16/h4-9H,10H2,1-3H3. The normalized spacial score (nSPS) is 12.3. The molecule has 1 aromatic heterocycles. The highest BCUT2D eigenvalue weighted by Gasteiger charge is 2.31. The second-order valence-corrected chi connectivity index (χ2v) is 7.97. The third-order valence-electron chi connectivity index (χ3n) is 3.46. The van der Waals surface area contributed by atoms with Gasteiger partial charge in [0.25, 0.3) is 10.0 Å². The van der Waals surface area contributed by atoms with E-state index in [0.29, 0.717) is 3.97 Å². The predicted molar refractivity (Wildman–Crippen MR) is 87.6 cm³/mol. The van der Waals surface area contributed by atoms with Crippen LogP contribution in [0.2, 0.25) is 0 Å². The van der Waals surface area contributed by atoms with E-state index in [1.54, 1.807) is 26.0 Å². The molecule has 2 rings (SSSR count). The first-order chi connectivity index (χ1) is 10.6. The SMILES string of the molecule is Cc1ccc(S(=O)(=O)n2ccn(C(=O)C(C)(C)CCl)c2=O)cc1. The van der Waals surface area contributed by atoms with Crippen LogP contribution in [0, 0.1) is 12.3 Å². The van der Waals surface area contributed by atoms with Crippen molar-refractivity contribution in [3.63, 3.8) is 0 Å². The zero-order chi connectivity index (χ0) is 17.4. The molecule has 23 heavy (non-hydrogen) atoms. The summed E-state index contributed by atoms with van der Waals surface area (Å²) in [4.78, 5) is 24.6. The average Bonchev–Trinajstić information content (AvgIpc) is 2.89. The second kappa shape index (κ2) is 5.98. The summed E-state index contributed by atoms with van der Waals surface area (Å²) in [6, 6.07) is 6.10. The number of alkyl halides is 1. The molecule has 8 heteroatoms. The van der Waals surface area contributed by atoms with Crippen LogP contribution in [-0.4, -0.2) is 28.7 Å². The van der Waals surface area contributed by atoms with Crippen LogP contribution in [0.4, 0.5) is 0 Å². The van der Waals surface area contributed by atoms with E-state index in [1.165, 1.54) is 12.1 Å². The van der Waals surface area contributed by atoms with Crippen molar-refractivity contribution >= 4 is 27.5 Å². The minimum Gasteiger partial charge on any atom is -0.273 e. The van der Waals surface area contributed by atoms with E-state index in [2.05, 4.69) is 0 Å². The van der Waals surface area contributed by atoms with Crippen LogP contribution in [0.25, 0.3) is 0 Å². The number of hydrogen-bond acceptors (Lipinski definition) is 4. The highest BCUT2D eigenvalue weighted by atomic mass is 35.5. The van der Waals surface area contributed by atoms with E-state index < -0.39 is 27.0 Å². The Bertz CT molecular complexity index is 892. The number of halogens is 1. The average molecular weight is 357 g/mol. The smallest absolute Gasteiger partial charge is 0.273 e. The molecule has 1 aromatic carbocycles. The zero-order valence-corrected chi connectivity index (χ0v) is 14.6. The summed E-state index contributed by atoms with van der Waals surface area (Å²) in [5, 5.41) is 0. The van der Waals surface area contributed by atoms with Gasteiger partial charge in [0.05, 0.1) is 10.3 Å². The minimum atomic E-state index is -4.05. The third-order valence-corrected chi connectivity index (χ3v) is 5.79. The molecular formula is C15H17ClN2O4S. The molecule has 0 aliphatic heterocycles. The molecule has 2 aromatic rings. The number of nitrogens with zero attached hydrogens (tertiary/aromatic N) is 2. The first-order valence-corrected chi connectivity index (χ1v) is 8.82. The number of aryl methyl sites for hydroxylation is 1. The van der Waals surface area contributed by atoms with Gasteiger partial charge in [-0.1, -0.05) is 17.7 Å². The van der Waals surface area contributed by atoms with E-state index in [-0.39, 0.29) is 10.8 Å². The molecule has 0 atom stereocenters. The second-order valence-electron chi connectivity index (χ2n) is 5.89. The fourth-order valence-corrected chi connectivity index (χ4v) is 3.24. The van der Waals surface area contributed by atoms with Crippen molar-refractivity contribution in [2.24, 2.45) is 5.41 Å². The Kier molecular flexibility index (Phi) is 4.54. The monoisotopic (exact) mass is 356 g/mol. The Balaban J connectivity index is 2.53. The summed E-state index contributed by atoms with van der Waals surface area (Å²) >= 11 is 5.74. The van der Waals surface area contributed by atoms with Gasteiger partial charge in [-0.3, -0.25) is 4.79 Å². The lowest BCUT2D eigenvalue weighted by atomic mass is 9.95. The molecule has 124 valence electrons. The molecule has 0 radical (unpaired) electrons. The lowest BCUT2D eigenvalue weighted by molar-refractivity contribution is 0.0766. The summed E-state index contributed by atoms with van der Waals surface area (Å²) in [6.45, 7) is 4.99. The largest absolute Gasteiger partial charge is 0.349 e. The number of carbonyl (C=O) groups excluding carboxylic acids is 1. The molecule has 0 saturated heterocycles. The summed E-state index contributed by atoms with van der Waals surface area (Å²) < 4.78 is 26.4. The quantitative estimate of drug-likeness (QED) is 0.786. The third kappa shape index (κ3) is 3.11. The van der Waals surface area contributed by atoms with Crippen molar-refractivity contribution in [3.8, 4) is 0 Å². The Morgan fingerprint density at radius 2 is 1.74 bits per heavy atom. The molecule has 0 amide bonds. The topological polar surface area (TPSA) is 78.1 Å². The summed E-state index contributed by atoms with van der Waals surface area (Å²) in [6.07, 6.45) is 2.21. The lowest BCUT2D eigenvalue weighted by Gasteiger charge is -2.18. The van der Waals surface area contributed by atoms with Gasteiger partial charge in [0.1, 0.15) is 0 Å². The maximum atomic E-state index is 12.5. The highest BCUT2D eigenvalue weighted by Crippen LogP contribution is 2.19. The number of carbonyl (C=O) groups is 1. The Morgan fingerprint density at radius 1 is 1.17 bits per heavy atom. The fraction of sp³-hybridized carbons (Fsp3) is 0.333. The van der Waals surface area contributed by atoms with Crippen molar-refractivity contribution in [3.05, 3.63) is 52.7 Å². The van der Waals surface area contributed by atoms with E-state index >= 15 is 0 Å². The maximum Gasteiger partial charge on any atom is 0.349 e. The predicted octanol–water partition coefficient (Wildman–Crippen LogP) is 2.10. The fourth-order valence-electron chi connectivity index (χ4n) is 1.91. The minimum absolute atomic E-state index is 0.00810. The Hall–Kier alpha value is -1.86. The number of imidazole rings is 1. The summed E-state index contributed by atoms with van der Waals surface area (Å²) in [5.41, 5.74) is -1.02. The van der Waals surface area contributed by atoms with Gasteiger partial charge < -0.3 is 0 Å². The van der Waals surface area contributed by atoms with Crippen LogP contribution in [0.5, 0.6) is 0 Å². The molecule has 0 spiro atoms. The van der Waals surface area contributed by atoms with Crippen LogP contribution in [0.3, 0.4) is 0 Å². The van der Waals surface area contributed by atoms with Crippen LogP contribution in [0.1, 0.15) is 24.2 Å². The lowest BCUT2D eigenvalue weighted by Crippen LogP contribution is -2.39. The molecule has 0 unspecified atom stereocenters. The zero-order valence-electron chi connectivity index (χ0n) is 13.0. The molecule has 0 fully saturated rings. The summed E-state index contributed by atoms with van der Waals surface area (Å²) in [5.74, 6) is -0.552. The van der Waals surface area contributed by atoms with Gasteiger partial charge >= 0.3 is 5.69 Å². The van der Waals surface area contributed by atoms with Gasteiger partial charge in [-0.15, -0.1) is 11.6 Å². The van der Waals surface area contributed by atoms with Crippen molar-refractivity contribution in [2.75, 3.05) is 5.88 Å². The number of rotatable bonds is 4. The molecule has 1 heterocycles.